The SMILES string of the molecule is O=C(NCCC1CCCCO1)NCC(O)c1ccco1. The topological polar surface area (TPSA) is 83.7 Å². The Morgan fingerprint density at radius 2 is 2.35 bits per heavy atom. The van der Waals surface area contributed by atoms with Crippen molar-refractivity contribution in [2.45, 2.75) is 37.9 Å². The van der Waals surface area contributed by atoms with Crippen LogP contribution in [0.1, 0.15) is 37.5 Å². The van der Waals surface area contributed by atoms with Gasteiger partial charge in [0.05, 0.1) is 18.9 Å². The van der Waals surface area contributed by atoms with Crippen LogP contribution >= 0.6 is 0 Å². The van der Waals surface area contributed by atoms with E-state index in [4.69, 9.17) is 9.15 Å². The van der Waals surface area contributed by atoms with Gasteiger partial charge in [0.1, 0.15) is 11.9 Å². The molecule has 0 aromatic carbocycles. The van der Waals surface area contributed by atoms with Gasteiger partial charge in [0.2, 0.25) is 0 Å². The smallest absolute Gasteiger partial charge is 0.314 e. The van der Waals surface area contributed by atoms with Gasteiger partial charge in [-0.15, -0.1) is 0 Å². The molecular formula is C14H22N2O4. The van der Waals surface area contributed by atoms with Crippen molar-refractivity contribution in [3.05, 3.63) is 24.2 Å². The minimum atomic E-state index is -0.822. The molecule has 6 heteroatoms. The van der Waals surface area contributed by atoms with Crippen LogP contribution in [0.2, 0.25) is 0 Å². The quantitative estimate of drug-likeness (QED) is 0.739. The molecule has 1 aromatic rings. The lowest BCUT2D eigenvalue weighted by atomic mass is 10.1. The van der Waals surface area contributed by atoms with Crippen LogP contribution in [0.5, 0.6) is 0 Å². The van der Waals surface area contributed by atoms with E-state index < -0.39 is 6.10 Å². The molecule has 2 amide bonds. The predicted octanol–water partition coefficient (Wildman–Crippen LogP) is 1.57. The van der Waals surface area contributed by atoms with Crippen molar-refractivity contribution in [3.63, 3.8) is 0 Å². The molecule has 112 valence electrons. The highest BCUT2D eigenvalue weighted by molar-refractivity contribution is 5.73. The zero-order valence-electron chi connectivity index (χ0n) is 11.5. The molecule has 1 aliphatic heterocycles. The molecule has 3 N–H and O–H groups in total. The standard InChI is InChI=1S/C14H22N2O4/c17-12(13-5-3-9-20-13)10-16-14(18)15-7-6-11-4-1-2-8-19-11/h3,5,9,11-12,17H,1-2,4,6-8,10H2,(H2,15,16,18). The van der Waals surface area contributed by atoms with Crippen molar-refractivity contribution in [2.24, 2.45) is 0 Å². The van der Waals surface area contributed by atoms with Gasteiger partial charge in [-0.1, -0.05) is 0 Å². The molecule has 0 radical (unpaired) electrons. The predicted molar refractivity (Wildman–Crippen MR) is 73.3 cm³/mol. The number of furan rings is 1. The molecule has 0 saturated carbocycles. The fourth-order valence-electron chi connectivity index (χ4n) is 2.22. The Morgan fingerprint density at radius 1 is 1.45 bits per heavy atom. The van der Waals surface area contributed by atoms with Crippen LogP contribution in [-0.2, 0) is 4.74 Å². The van der Waals surface area contributed by atoms with Gasteiger partial charge in [-0.3, -0.25) is 0 Å². The lowest BCUT2D eigenvalue weighted by Gasteiger charge is -2.22. The molecule has 0 aliphatic carbocycles. The summed E-state index contributed by atoms with van der Waals surface area (Å²) >= 11 is 0. The Labute approximate surface area is 118 Å². The van der Waals surface area contributed by atoms with Crippen LogP contribution in [-0.4, -0.2) is 36.9 Å². The Kier molecular flexibility index (Phi) is 5.88. The number of rotatable bonds is 6. The van der Waals surface area contributed by atoms with E-state index >= 15 is 0 Å². The summed E-state index contributed by atoms with van der Waals surface area (Å²) in [6.45, 7) is 1.53. The lowest BCUT2D eigenvalue weighted by Crippen LogP contribution is -2.39. The number of hydrogen-bond acceptors (Lipinski definition) is 4. The van der Waals surface area contributed by atoms with Gasteiger partial charge >= 0.3 is 6.03 Å². The second kappa shape index (κ2) is 7.91. The highest BCUT2D eigenvalue weighted by Gasteiger charge is 2.14. The number of nitrogens with one attached hydrogen (secondary N) is 2. The first-order valence-corrected chi connectivity index (χ1v) is 7.10. The average Bonchev–Trinajstić information content (AvgIpc) is 3.00. The third-order valence-electron chi connectivity index (χ3n) is 3.35. The first kappa shape index (κ1) is 14.9. The van der Waals surface area contributed by atoms with Gasteiger partial charge in [0.25, 0.3) is 0 Å². The van der Waals surface area contributed by atoms with E-state index in [-0.39, 0.29) is 18.7 Å². The van der Waals surface area contributed by atoms with E-state index in [1.807, 2.05) is 0 Å². The normalized spacial score (nSPS) is 20.4. The van der Waals surface area contributed by atoms with E-state index in [1.54, 1.807) is 12.1 Å². The summed E-state index contributed by atoms with van der Waals surface area (Å²) in [6.07, 6.45) is 5.16. The number of carbonyl (C=O) groups is 1. The molecule has 1 aromatic heterocycles. The number of aliphatic hydroxyl groups is 1. The zero-order valence-corrected chi connectivity index (χ0v) is 11.5. The number of ether oxygens (including phenoxy) is 1. The maximum atomic E-state index is 11.6. The second-order valence-corrected chi connectivity index (χ2v) is 4.95. The van der Waals surface area contributed by atoms with Crippen molar-refractivity contribution >= 4 is 6.03 Å². The average molecular weight is 282 g/mol. The molecule has 20 heavy (non-hydrogen) atoms. The van der Waals surface area contributed by atoms with Crippen molar-refractivity contribution in [3.8, 4) is 0 Å². The maximum absolute atomic E-state index is 11.6. The van der Waals surface area contributed by atoms with Gasteiger partial charge in [-0.2, -0.15) is 0 Å². The monoisotopic (exact) mass is 282 g/mol. The van der Waals surface area contributed by atoms with Gasteiger partial charge in [-0.05, 0) is 37.8 Å². The van der Waals surface area contributed by atoms with Crippen molar-refractivity contribution in [1.29, 1.82) is 0 Å². The number of carbonyl (C=O) groups excluding carboxylic acids is 1. The molecule has 1 fully saturated rings. The van der Waals surface area contributed by atoms with Crippen LogP contribution in [0.25, 0.3) is 0 Å². The van der Waals surface area contributed by atoms with E-state index in [9.17, 15) is 9.90 Å². The number of hydrogen-bond donors (Lipinski definition) is 3. The fraction of sp³-hybridized carbons (Fsp3) is 0.643. The molecule has 0 spiro atoms. The fourth-order valence-corrected chi connectivity index (χ4v) is 2.22. The third-order valence-corrected chi connectivity index (χ3v) is 3.35. The van der Waals surface area contributed by atoms with Crippen molar-refractivity contribution in [1.82, 2.24) is 10.6 Å². The van der Waals surface area contributed by atoms with E-state index in [1.165, 1.54) is 12.7 Å². The van der Waals surface area contributed by atoms with Crippen molar-refractivity contribution in [2.75, 3.05) is 19.7 Å². The summed E-state index contributed by atoms with van der Waals surface area (Å²) < 4.78 is 10.6. The molecule has 0 bridgehead atoms. The van der Waals surface area contributed by atoms with Crippen LogP contribution < -0.4 is 10.6 Å². The zero-order chi connectivity index (χ0) is 14.2. The lowest BCUT2D eigenvalue weighted by molar-refractivity contribution is 0.0120. The van der Waals surface area contributed by atoms with Gasteiger partial charge in [0, 0.05) is 13.2 Å². The first-order chi connectivity index (χ1) is 9.75. The van der Waals surface area contributed by atoms with Crippen LogP contribution in [0.15, 0.2) is 22.8 Å². The second-order valence-electron chi connectivity index (χ2n) is 4.95. The molecule has 2 heterocycles. The number of urea groups is 1. The first-order valence-electron chi connectivity index (χ1n) is 7.10. The van der Waals surface area contributed by atoms with E-state index in [2.05, 4.69) is 10.6 Å². The molecular weight excluding hydrogens is 260 g/mol. The van der Waals surface area contributed by atoms with Crippen LogP contribution in [0, 0.1) is 0 Å². The van der Waals surface area contributed by atoms with Gasteiger partial charge < -0.3 is 24.9 Å². The molecule has 2 unspecified atom stereocenters. The number of aliphatic hydroxyl groups excluding tert-OH is 1. The van der Waals surface area contributed by atoms with E-state index in [0.717, 1.165) is 25.9 Å². The molecule has 2 atom stereocenters. The summed E-state index contributed by atoms with van der Waals surface area (Å²) in [6, 6.07) is 3.08. The minimum absolute atomic E-state index is 0.124. The Morgan fingerprint density at radius 3 is 3.05 bits per heavy atom. The third kappa shape index (κ3) is 4.86. The molecule has 6 nitrogen and oxygen atoms in total. The number of amides is 2. The largest absolute Gasteiger partial charge is 0.467 e. The summed E-state index contributed by atoms with van der Waals surface area (Å²) in [7, 11) is 0. The highest BCUT2D eigenvalue weighted by atomic mass is 16.5. The summed E-state index contributed by atoms with van der Waals surface area (Å²) in [4.78, 5) is 11.6. The molecule has 1 aliphatic rings. The summed E-state index contributed by atoms with van der Waals surface area (Å²) in [5.74, 6) is 0.445. The Balaban J connectivity index is 1.56. The summed E-state index contributed by atoms with van der Waals surface area (Å²) in [5.41, 5.74) is 0. The van der Waals surface area contributed by atoms with Crippen LogP contribution in [0.3, 0.4) is 0 Å². The Hall–Kier alpha value is -1.53. The molecule has 2 rings (SSSR count). The minimum Gasteiger partial charge on any atom is -0.467 e. The van der Waals surface area contributed by atoms with Crippen molar-refractivity contribution < 1.29 is 19.1 Å². The highest BCUT2D eigenvalue weighted by Crippen LogP contribution is 2.14. The summed E-state index contributed by atoms with van der Waals surface area (Å²) in [5, 5.41) is 15.1. The van der Waals surface area contributed by atoms with Gasteiger partial charge in [-0.25, -0.2) is 4.79 Å². The van der Waals surface area contributed by atoms with E-state index in [0.29, 0.717) is 12.3 Å². The van der Waals surface area contributed by atoms with Crippen LogP contribution in [0.4, 0.5) is 4.79 Å². The molecule has 1 saturated heterocycles. The maximum Gasteiger partial charge on any atom is 0.314 e. The Bertz CT molecular complexity index is 388. The van der Waals surface area contributed by atoms with Gasteiger partial charge in [0.15, 0.2) is 0 Å².